The van der Waals surface area contributed by atoms with Crippen molar-refractivity contribution in [3.63, 3.8) is 0 Å². The van der Waals surface area contributed by atoms with Crippen molar-refractivity contribution in [2.24, 2.45) is 0 Å². The van der Waals surface area contributed by atoms with Crippen LogP contribution in [0.4, 0.5) is 0 Å². The van der Waals surface area contributed by atoms with Gasteiger partial charge < -0.3 is 20.4 Å². The number of aromatic nitrogens is 1. The fraction of sp³-hybridized carbons (Fsp3) is 0.333. The van der Waals surface area contributed by atoms with Crippen molar-refractivity contribution < 1.29 is 10.2 Å². The lowest BCUT2D eigenvalue weighted by molar-refractivity contribution is -0.892. The number of hydroxylamine groups is 2. The molecule has 4 heteroatoms. The molecule has 0 amide bonds. The summed E-state index contributed by atoms with van der Waals surface area (Å²) in [7, 11) is 0. The van der Waals surface area contributed by atoms with Crippen molar-refractivity contribution in [1.29, 1.82) is 0 Å². The Morgan fingerprint density at radius 3 is 3.06 bits per heavy atom. The van der Waals surface area contributed by atoms with E-state index in [0.717, 1.165) is 11.2 Å². The quantitative estimate of drug-likeness (QED) is 0.588. The maximum Gasteiger partial charge on any atom is 0.118 e. The Bertz CT molecular complexity index is 521. The molecule has 1 aliphatic heterocycles. The van der Waals surface area contributed by atoms with Gasteiger partial charge in [0.1, 0.15) is 12.6 Å². The summed E-state index contributed by atoms with van der Waals surface area (Å²) in [6, 6.07) is 7.85. The molecule has 1 aromatic carbocycles. The molecule has 2 heterocycles. The first-order valence-corrected chi connectivity index (χ1v) is 5.51. The molecule has 2 aromatic rings. The lowest BCUT2D eigenvalue weighted by Crippen LogP contribution is -3.11. The molecule has 0 saturated carbocycles. The van der Waals surface area contributed by atoms with Crippen molar-refractivity contribution in [3.05, 3.63) is 40.7 Å². The number of para-hydroxylation sites is 1. The number of hydrogen-bond donors (Lipinski definition) is 3. The molecule has 3 rings (SSSR count). The first-order valence-electron chi connectivity index (χ1n) is 5.51. The minimum absolute atomic E-state index is 0.0439. The Morgan fingerprint density at radius 2 is 2.25 bits per heavy atom. The largest absolute Gasteiger partial charge is 0.634 e. The van der Waals surface area contributed by atoms with E-state index in [1.807, 2.05) is 18.2 Å². The summed E-state index contributed by atoms with van der Waals surface area (Å²) in [5, 5.41) is 22.2. The Morgan fingerprint density at radius 1 is 1.44 bits per heavy atom. The van der Waals surface area contributed by atoms with Crippen molar-refractivity contribution >= 4 is 10.9 Å². The van der Waals surface area contributed by atoms with Crippen molar-refractivity contribution in [3.8, 4) is 0 Å². The molecule has 1 unspecified atom stereocenters. The molecule has 0 saturated heterocycles. The van der Waals surface area contributed by atoms with E-state index in [0.29, 0.717) is 13.0 Å². The van der Waals surface area contributed by atoms with Gasteiger partial charge in [-0.3, -0.25) is 0 Å². The topological polar surface area (TPSA) is 63.5 Å². The van der Waals surface area contributed by atoms with E-state index in [9.17, 15) is 5.21 Å². The van der Waals surface area contributed by atoms with Gasteiger partial charge in [-0.05, 0) is 11.6 Å². The number of H-pyrrole nitrogens is 1. The van der Waals surface area contributed by atoms with Crippen molar-refractivity contribution in [2.75, 3.05) is 6.61 Å². The highest BCUT2D eigenvalue weighted by Gasteiger charge is 2.27. The van der Waals surface area contributed by atoms with Gasteiger partial charge in [0.2, 0.25) is 0 Å². The van der Waals surface area contributed by atoms with Crippen molar-refractivity contribution in [1.82, 2.24) is 4.98 Å². The van der Waals surface area contributed by atoms with Crippen LogP contribution in [0.25, 0.3) is 10.9 Å². The summed E-state index contributed by atoms with van der Waals surface area (Å²) >= 11 is 0. The minimum atomic E-state index is -0.216. The molecule has 0 bridgehead atoms. The maximum atomic E-state index is 11.7. The van der Waals surface area contributed by atoms with Crippen LogP contribution in [0.2, 0.25) is 0 Å². The van der Waals surface area contributed by atoms with Gasteiger partial charge >= 0.3 is 0 Å². The first-order chi connectivity index (χ1) is 7.79. The van der Waals surface area contributed by atoms with E-state index in [1.54, 1.807) is 0 Å². The summed E-state index contributed by atoms with van der Waals surface area (Å²) in [4.78, 5) is 3.29. The molecule has 4 nitrogen and oxygen atoms in total. The zero-order chi connectivity index (χ0) is 11.1. The number of rotatable bonds is 1. The number of hydrogen-bond acceptors (Lipinski definition) is 2. The SMILES string of the molecule is [O-][NH+]1Cc2[nH]c3ccccc3c2C[C@H]1CO. The van der Waals surface area contributed by atoms with E-state index in [4.69, 9.17) is 5.11 Å². The van der Waals surface area contributed by atoms with Crippen LogP contribution in [0.1, 0.15) is 11.3 Å². The van der Waals surface area contributed by atoms with Gasteiger partial charge in [-0.15, -0.1) is 0 Å². The Kier molecular flexibility index (Phi) is 2.21. The van der Waals surface area contributed by atoms with Gasteiger partial charge in [-0.1, -0.05) is 18.2 Å². The van der Waals surface area contributed by atoms with Crippen LogP contribution < -0.4 is 5.06 Å². The number of aliphatic hydroxyl groups is 1. The molecule has 84 valence electrons. The molecule has 2 atom stereocenters. The van der Waals surface area contributed by atoms with Gasteiger partial charge in [0.25, 0.3) is 0 Å². The molecular weight excluding hydrogens is 204 g/mol. The Labute approximate surface area is 93.1 Å². The average molecular weight is 218 g/mol. The van der Waals surface area contributed by atoms with Crippen LogP contribution in [-0.4, -0.2) is 22.7 Å². The second kappa shape index (κ2) is 3.59. The second-order valence-electron chi connectivity index (χ2n) is 4.35. The van der Waals surface area contributed by atoms with Gasteiger partial charge in [0.15, 0.2) is 0 Å². The molecule has 1 aromatic heterocycles. The van der Waals surface area contributed by atoms with Gasteiger partial charge in [-0.2, -0.15) is 0 Å². The van der Waals surface area contributed by atoms with Crippen molar-refractivity contribution in [2.45, 2.75) is 19.0 Å². The van der Waals surface area contributed by atoms with E-state index < -0.39 is 0 Å². The molecule has 3 N–H and O–H groups in total. The zero-order valence-corrected chi connectivity index (χ0v) is 8.86. The summed E-state index contributed by atoms with van der Waals surface area (Å²) in [5.41, 5.74) is 3.31. The highest BCUT2D eigenvalue weighted by molar-refractivity contribution is 5.84. The molecule has 0 fully saturated rings. The number of fused-ring (bicyclic) bond motifs is 3. The summed E-state index contributed by atoms with van der Waals surface area (Å²) in [6.07, 6.45) is 0.661. The van der Waals surface area contributed by atoms with Gasteiger partial charge in [0, 0.05) is 17.3 Å². The third-order valence-corrected chi connectivity index (χ3v) is 3.38. The van der Waals surface area contributed by atoms with Crippen LogP contribution in [0, 0.1) is 5.21 Å². The second-order valence-corrected chi connectivity index (χ2v) is 4.35. The van der Waals surface area contributed by atoms with E-state index >= 15 is 0 Å². The molecule has 0 radical (unpaired) electrons. The normalized spacial score (nSPS) is 24.6. The van der Waals surface area contributed by atoms with E-state index in [2.05, 4.69) is 11.1 Å². The van der Waals surface area contributed by atoms with E-state index in [-0.39, 0.29) is 17.7 Å². The van der Waals surface area contributed by atoms with Crippen LogP contribution >= 0.6 is 0 Å². The molecule has 0 aliphatic carbocycles. The Balaban J connectivity index is 2.13. The van der Waals surface area contributed by atoms with Gasteiger partial charge in [0.05, 0.1) is 12.3 Å². The van der Waals surface area contributed by atoms with Crippen LogP contribution in [0.5, 0.6) is 0 Å². The predicted molar refractivity (Wildman–Crippen MR) is 60.9 cm³/mol. The number of quaternary nitrogens is 1. The third kappa shape index (κ3) is 1.35. The molecule has 0 spiro atoms. The lowest BCUT2D eigenvalue weighted by atomic mass is 9.99. The van der Waals surface area contributed by atoms with E-state index in [1.165, 1.54) is 10.9 Å². The zero-order valence-electron chi connectivity index (χ0n) is 8.86. The minimum Gasteiger partial charge on any atom is -0.634 e. The molecule has 1 aliphatic rings. The van der Waals surface area contributed by atoms with Crippen LogP contribution in [-0.2, 0) is 13.0 Å². The number of aromatic amines is 1. The summed E-state index contributed by atoms with van der Waals surface area (Å²) in [5.74, 6) is 0. The number of aliphatic hydroxyl groups excluding tert-OH is 1. The summed E-state index contributed by atoms with van der Waals surface area (Å²) < 4.78 is 0. The van der Waals surface area contributed by atoms with Gasteiger partial charge in [-0.25, -0.2) is 0 Å². The highest BCUT2D eigenvalue weighted by atomic mass is 16.5. The standard InChI is InChI=1S/C12H14N2O2/c15-7-8-5-10-9-3-1-2-4-11(9)13-12(10)6-14(8)16/h1-4,8,13-15H,5-7H2/t8-/m0/s1. The average Bonchev–Trinajstić information content (AvgIpc) is 2.65. The monoisotopic (exact) mass is 218 g/mol. The first kappa shape index (κ1) is 9.84. The summed E-state index contributed by atoms with van der Waals surface area (Å²) in [6.45, 7) is 0.382. The molecular formula is C12H14N2O2. The lowest BCUT2D eigenvalue weighted by Gasteiger charge is -2.34. The maximum absolute atomic E-state index is 11.7. The van der Waals surface area contributed by atoms with Crippen LogP contribution in [0.3, 0.4) is 0 Å². The fourth-order valence-corrected chi connectivity index (χ4v) is 2.49. The smallest absolute Gasteiger partial charge is 0.118 e. The van der Waals surface area contributed by atoms with Crippen LogP contribution in [0.15, 0.2) is 24.3 Å². The number of benzene rings is 1. The third-order valence-electron chi connectivity index (χ3n) is 3.38. The Hall–Kier alpha value is -1.36. The number of nitrogens with one attached hydrogen (secondary N) is 2. The fourth-order valence-electron chi connectivity index (χ4n) is 2.49. The highest BCUT2D eigenvalue weighted by Crippen LogP contribution is 2.24. The predicted octanol–water partition coefficient (Wildman–Crippen LogP) is -0.0324. The molecule has 16 heavy (non-hydrogen) atoms.